The molecule has 0 fully saturated rings. The van der Waals surface area contributed by atoms with Crippen molar-refractivity contribution in [2.24, 2.45) is 0 Å². The Morgan fingerprint density at radius 1 is 2.00 bits per heavy atom. The Morgan fingerprint density at radius 2 is 2.00 bits per heavy atom. The number of rotatable bonds is 0. The number of hydrogen-bond acceptors (Lipinski definition) is 2. The molecule has 0 aromatic heterocycles. The quantitative estimate of drug-likeness (QED) is 0.256. The third-order valence-corrected chi connectivity index (χ3v) is 0. The Hall–Kier alpha value is 0.460. The second kappa shape index (κ2) is 4.46. The van der Waals surface area contributed by atoms with Crippen molar-refractivity contribution in [1.82, 2.24) is 0 Å². The molecular formula is H3CaNO3. The third kappa shape index (κ3) is 128. The number of nitrogens with zero attached hydrogens (tertiary/aromatic N) is 1. The fraction of sp³-hybridized carbons (Fsp3) is 0. The normalized spacial score (nSPS) is 4.80. The molecule has 0 heterocycles. The van der Waals surface area contributed by atoms with E-state index in [0.29, 0.717) is 0 Å². The first kappa shape index (κ1) is 9.07. The molecule has 0 amide bonds. The van der Waals surface area contributed by atoms with Crippen molar-refractivity contribution < 1.29 is 13.1 Å². The maximum absolute atomic E-state index is 8.36. The van der Waals surface area contributed by atoms with E-state index in [1.54, 1.807) is 0 Å². The molecule has 0 aromatic rings. The largest absolute Gasteiger partial charge is 2.00 e. The van der Waals surface area contributed by atoms with Crippen LogP contribution in [0.15, 0.2) is 0 Å². The zero-order chi connectivity index (χ0) is 3.58. The fourth-order valence-electron chi connectivity index (χ4n) is 0. The first-order valence-electron chi connectivity index (χ1n) is 0.565. The SMILES string of the molecule is O=[N+]([O-])O.[Ca+2].[H-].[H-]. The molecule has 28 valence electrons. The molecule has 1 N–H and O–H groups in total. The molecule has 0 saturated heterocycles. The first-order chi connectivity index (χ1) is 1.73. The van der Waals surface area contributed by atoms with Crippen molar-refractivity contribution in [3.63, 3.8) is 0 Å². The second-order valence-corrected chi connectivity index (χ2v) is 0.238. The van der Waals surface area contributed by atoms with E-state index in [4.69, 9.17) is 15.3 Å². The van der Waals surface area contributed by atoms with Crippen molar-refractivity contribution in [1.29, 1.82) is 0 Å². The second-order valence-electron chi connectivity index (χ2n) is 0.238. The Balaban J connectivity index is -0.0000000150. The van der Waals surface area contributed by atoms with Crippen LogP contribution in [-0.2, 0) is 0 Å². The van der Waals surface area contributed by atoms with Gasteiger partial charge in [-0.1, -0.05) is 0 Å². The van der Waals surface area contributed by atoms with Crippen LogP contribution in [0.4, 0.5) is 0 Å². The Kier molecular flexibility index (Phi) is 8.09. The molecule has 0 bridgehead atoms. The summed E-state index contributed by atoms with van der Waals surface area (Å²) in [7, 11) is 0. The van der Waals surface area contributed by atoms with Crippen LogP contribution in [0, 0.1) is 10.1 Å². The van der Waals surface area contributed by atoms with Crippen molar-refractivity contribution >= 4 is 37.7 Å². The van der Waals surface area contributed by atoms with Gasteiger partial charge < -0.3 is 8.06 Å². The van der Waals surface area contributed by atoms with Gasteiger partial charge >= 0.3 is 37.7 Å². The van der Waals surface area contributed by atoms with E-state index in [2.05, 4.69) is 0 Å². The third-order valence-electron chi connectivity index (χ3n) is 0. The smallest absolute Gasteiger partial charge is 1.00 e. The van der Waals surface area contributed by atoms with Gasteiger partial charge in [0, 0.05) is 0 Å². The molecule has 0 unspecified atom stereocenters. The average Bonchev–Trinajstić information content (AvgIpc) is 0.811. The van der Waals surface area contributed by atoms with Crippen LogP contribution >= 0.6 is 0 Å². The van der Waals surface area contributed by atoms with Gasteiger partial charge in [-0.25, -0.2) is 0 Å². The minimum atomic E-state index is -1.50. The van der Waals surface area contributed by atoms with Gasteiger partial charge in [0.1, 0.15) is 0 Å². The molecular weight excluding hydrogens is 102 g/mol. The maximum Gasteiger partial charge on any atom is 2.00 e. The predicted octanol–water partition coefficient (Wildman–Crippen LogP) is -0.504. The van der Waals surface area contributed by atoms with Gasteiger partial charge in [-0.15, -0.1) is 10.1 Å². The fourth-order valence-corrected chi connectivity index (χ4v) is 0. The maximum atomic E-state index is 8.36. The zero-order valence-corrected chi connectivity index (χ0v) is 4.63. The van der Waals surface area contributed by atoms with Crippen LogP contribution in [0.5, 0.6) is 0 Å². The summed E-state index contributed by atoms with van der Waals surface area (Å²) >= 11 is 0. The molecule has 0 spiro atoms. The topological polar surface area (TPSA) is 63.4 Å². The zero-order valence-electron chi connectivity index (χ0n) is 4.42. The summed E-state index contributed by atoms with van der Waals surface area (Å²) in [6.45, 7) is 0. The van der Waals surface area contributed by atoms with E-state index < -0.39 is 5.09 Å². The Morgan fingerprint density at radius 3 is 2.00 bits per heavy atom. The Bertz CT molecular complexity index is 35.9. The minimum Gasteiger partial charge on any atom is -1.00 e. The molecule has 0 saturated carbocycles. The van der Waals surface area contributed by atoms with Gasteiger partial charge in [0.25, 0.3) is 5.09 Å². The first-order valence-corrected chi connectivity index (χ1v) is 0.565. The Labute approximate surface area is 60.9 Å². The van der Waals surface area contributed by atoms with Gasteiger partial charge in [0.05, 0.1) is 0 Å². The molecule has 0 aliphatic heterocycles. The average molecular weight is 105 g/mol. The predicted molar refractivity (Wildman–Crippen MR) is 16.8 cm³/mol. The van der Waals surface area contributed by atoms with Crippen LogP contribution < -0.4 is 0 Å². The summed E-state index contributed by atoms with van der Waals surface area (Å²) < 4.78 is 0. The molecule has 0 atom stereocenters. The molecule has 0 aromatic carbocycles. The molecule has 0 aliphatic rings. The van der Waals surface area contributed by atoms with Crippen LogP contribution in [-0.4, -0.2) is 48.0 Å². The summed E-state index contributed by atoms with van der Waals surface area (Å²) in [5.74, 6) is 0. The van der Waals surface area contributed by atoms with E-state index in [0.717, 1.165) is 0 Å². The summed E-state index contributed by atoms with van der Waals surface area (Å²) in [6.07, 6.45) is 0. The van der Waals surface area contributed by atoms with Crippen molar-refractivity contribution in [2.45, 2.75) is 0 Å². The molecule has 0 rings (SSSR count). The summed E-state index contributed by atoms with van der Waals surface area (Å²) in [6, 6.07) is 0. The molecule has 0 radical (unpaired) electrons. The van der Waals surface area contributed by atoms with E-state index in [1.807, 2.05) is 0 Å². The van der Waals surface area contributed by atoms with Crippen molar-refractivity contribution in [3.05, 3.63) is 10.1 Å². The minimum absolute atomic E-state index is 0. The van der Waals surface area contributed by atoms with Crippen molar-refractivity contribution in [3.8, 4) is 0 Å². The molecule has 0 aliphatic carbocycles. The van der Waals surface area contributed by atoms with Gasteiger partial charge in [0.15, 0.2) is 0 Å². The summed E-state index contributed by atoms with van der Waals surface area (Å²) in [5, 5.41) is 13.6. The molecule has 4 nitrogen and oxygen atoms in total. The van der Waals surface area contributed by atoms with Crippen LogP contribution in [0.2, 0.25) is 0 Å². The van der Waals surface area contributed by atoms with Gasteiger partial charge in [-0.2, -0.15) is 0 Å². The van der Waals surface area contributed by atoms with Gasteiger partial charge in [0.2, 0.25) is 0 Å². The van der Waals surface area contributed by atoms with Gasteiger partial charge in [-0.05, 0) is 0 Å². The summed E-state index contributed by atoms with van der Waals surface area (Å²) in [4.78, 5) is 8.36. The molecule has 5 heteroatoms. The van der Waals surface area contributed by atoms with Crippen molar-refractivity contribution in [2.75, 3.05) is 0 Å². The molecule has 5 heavy (non-hydrogen) atoms. The van der Waals surface area contributed by atoms with Gasteiger partial charge in [-0.3, -0.25) is 0 Å². The number of hydrogen-bond donors (Lipinski definition) is 1. The van der Waals surface area contributed by atoms with E-state index in [1.165, 1.54) is 0 Å². The van der Waals surface area contributed by atoms with E-state index in [9.17, 15) is 0 Å². The monoisotopic (exact) mass is 105 g/mol. The van der Waals surface area contributed by atoms with Crippen LogP contribution in [0.1, 0.15) is 2.85 Å². The van der Waals surface area contributed by atoms with Crippen LogP contribution in [0.25, 0.3) is 0 Å². The van der Waals surface area contributed by atoms with E-state index in [-0.39, 0.29) is 40.6 Å². The summed E-state index contributed by atoms with van der Waals surface area (Å²) in [5.41, 5.74) is 0. The standard InChI is InChI=1S/Ca.HNO3.2H/c;2-1(3)4;;/h;(H,2,3,4);;/q+2;;2*-1. The van der Waals surface area contributed by atoms with Crippen LogP contribution in [0.3, 0.4) is 0 Å². The van der Waals surface area contributed by atoms with E-state index >= 15 is 0 Å².